The van der Waals surface area contributed by atoms with E-state index < -0.39 is 0 Å². The third kappa shape index (κ3) is 2.55. The predicted octanol–water partition coefficient (Wildman–Crippen LogP) is 0.788. The summed E-state index contributed by atoms with van der Waals surface area (Å²) in [7, 11) is 0. The van der Waals surface area contributed by atoms with E-state index >= 15 is 0 Å². The van der Waals surface area contributed by atoms with Gasteiger partial charge in [0.05, 0.1) is 12.3 Å². The molecule has 0 saturated heterocycles. The monoisotopic (exact) mass is 183 g/mol. The summed E-state index contributed by atoms with van der Waals surface area (Å²) < 4.78 is 0. The van der Waals surface area contributed by atoms with Crippen LogP contribution in [0, 0.1) is 6.92 Å². The highest BCUT2D eigenvalue weighted by atomic mass is 16.7. The summed E-state index contributed by atoms with van der Waals surface area (Å²) in [5.74, 6) is -0.302. The van der Waals surface area contributed by atoms with Gasteiger partial charge >= 0.3 is 0 Å². The van der Waals surface area contributed by atoms with Crippen molar-refractivity contribution < 1.29 is 9.63 Å². The van der Waals surface area contributed by atoms with E-state index in [1.165, 1.54) is 0 Å². The van der Waals surface area contributed by atoms with Crippen LogP contribution in [0.4, 0.5) is 0 Å². The molecule has 1 heterocycles. The van der Waals surface area contributed by atoms with E-state index in [0.717, 1.165) is 5.56 Å². The second-order valence-corrected chi connectivity index (χ2v) is 3.03. The number of carbonyl (C=O) groups is 1. The molecular formula is C8H13N3O2. The third-order valence-corrected chi connectivity index (χ3v) is 1.44. The van der Waals surface area contributed by atoms with Crippen LogP contribution in [0.1, 0.15) is 29.9 Å². The van der Waals surface area contributed by atoms with Gasteiger partial charge < -0.3 is 0 Å². The number of H-pyrrole nitrogens is 1. The summed E-state index contributed by atoms with van der Waals surface area (Å²) in [6, 6.07) is 0. The van der Waals surface area contributed by atoms with Crippen LogP contribution in [-0.2, 0) is 4.84 Å². The molecule has 0 aliphatic carbocycles. The number of amides is 1. The molecule has 0 aliphatic rings. The number of nitrogens with zero attached hydrogens (tertiary/aromatic N) is 1. The molecule has 5 heteroatoms. The van der Waals surface area contributed by atoms with Crippen LogP contribution in [0.3, 0.4) is 0 Å². The van der Waals surface area contributed by atoms with Crippen LogP contribution in [-0.4, -0.2) is 22.2 Å². The molecule has 13 heavy (non-hydrogen) atoms. The fourth-order valence-corrected chi connectivity index (χ4v) is 0.799. The van der Waals surface area contributed by atoms with Gasteiger partial charge in [-0.05, 0) is 26.3 Å². The van der Waals surface area contributed by atoms with Crippen LogP contribution >= 0.6 is 0 Å². The maximum Gasteiger partial charge on any atom is 0.293 e. The molecule has 1 rings (SSSR count). The van der Waals surface area contributed by atoms with Crippen molar-refractivity contribution in [2.45, 2.75) is 26.9 Å². The van der Waals surface area contributed by atoms with Gasteiger partial charge in [-0.15, -0.1) is 0 Å². The Morgan fingerprint density at radius 1 is 1.69 bits per heavy atom. The maximum absolute atomic E-state index is 11.3. The van der Waals surface area contributed by atoms with Crippen molar-refractivity contribution in [1.29, 1.82) is 0 Å². The van der Waals surface area contributed by atoms with Crippen molar-refractivity contribution in [2.24, 2.45) is 0 Å². The van der Waals surface area contributed by atoms with Gasteiger partial charge in [0.2, 0.25) is 0 Å². The minimum Gasteiger partial charge on any atom is -0.273 e. The van der Waals surface area contributed by atoms with Crippen LogP contribution < -0.4 is 5.48 Å². The van der Waals surface area contributed by atoms with Crippen molar-refractivity contribution in [3.63, 3.8) is 0 Å². The largest absolute Gasteiger partial charge is 0.293 e. The zero-order valence-corrected chi connectivity index (χ0v) is 7.92. The van der Waals surface area contributed by atoms with Crippen molar-refractivity contribution in [2.75, 3.05) is 0 Å². The second-order valence-electron chi connectivity index (χ2n) is 3.03. The number of hydrogen-bond acceptors (Lipinski definition) is 3. The Labute approximate surface area is 76.4 Å². The Hall–Kier alpha value is -1.36. The van der Waals surface area contributed by atoms with E-state index in [2.05, 4.69) is 15.7 Å². The number of carbonyl (C=O) groups excluding carboxylic acids is 1. The highest BCUT2D eigenvalue weighted by Gasteiger charge is 2.10. The van der Waals surface area contributed by atoms with Gasteiger partial charge in [0.25, 0.3) is 5.91 Å². The van der Waals surface area contributed by atoms with Crippen LogP contribution in [0.15, 0.2) is 6.20 Å². The molecule has 0 spiro atoms. The standard InChI is InChI=1S/C8H13N3O2/c1-5(2)13-11-8(12)7-6(3)4-9-10-7/h4-5H,1-3H3,(H,9,10)(H,11,12). The molecule has 0 atom stereocenters. The fraction of sp³-hybridized carbons (Fsp3) is 0.500. The average molecular weight is 183 g/mol. The molecule has 0 saturated carbocycles. The molecule has 0 bridgehead atoms. The fourth-order valence-electron chi connectivity index (χ4n) is 0.799. The van der Waals surface area contributed by atoms with Crippen molar-refractivity contribution >= 4 is 5.91 Å². The normalized spacial score (nSPS) is 10.5. The molecule has 1 amide bonds. The summed E-state index contributed by atoms with van der Waals surface area (Å²) >= 11 is 0. The van der Waals surface area contributed by atoms with Crippen LogP contribution in [0.5, 0.6) is 0 Å². The van der Waals surface area contributed by atoms with Crippen molar-refractivity contribution in [3.8, 4) is 0 Å². The maximum atomic E-state index is 11.3. The Bertz CT molecular complexity index is 293. The van der Waals surface area contributed by atoms with Gasteiger partial charge in [-0.2, -0.15) is 5.10 Å². The number of aryl methyl sites for hydroxylation is 1. The quantitative estimate of drug-likeness (QED) is 0.681. The summed E-state index contributed by atoms with van der Waals surface area (Å²) in [6.07, 6.45) is 1.55. The Morgan fingerprint density at radius 2 is 2.38 bits per heavy atom. The lowest BCUT2D eigenvalue weighted by molar-refractivity contribution is -0.000182. The number of aromatic amines is 1. The summed E-state index contributed by atoms with van der Waals surface area (Å²) in [4.78, 5) is 16.3. The molecule has 1 aromatic rings. The molecule has 72 valence electrons. The topological polar surface area (TPSA) is 67.0 Å². The Balaban J connectivity index is 2.54. The van der Waals surface area contributed by atoms with Gasteiger partial charge in [0, 0.05) is 0 Å². The lowest BCUT2D eigenvalue weighted by atomic mass is 10.3. The number of rotatable bonds is 3. The molecule has 0 aromatic carbocycles. The summed E-state index contributed by atoms with van der Waals surface area (Å²) in [6.45, 7) is 5.47. The third-order valence-electron chi connectivity index (χ3n) is 1.44. The lowest BCUT2D eigenvalue weighted by Crippen LogP contribution is -2.27. The van der Waals surface area contributed by atoms with E-state index in [-0.39, 0.29) is 12.0 Å². The molecular weight excluding hydrogens is 170 g/mol. The minimum absolute atomic E-state index is 0.0350. The van der Waals surface area contributed by atoms with E-state index in [9.17, 15) is 4.79 Å². The Kier molecular flexibility index (Phi) is 3.02. The smallest absolute Gasteiger partial charge is 0.273 e. The lowest BCUT2D eigenvalue weighted by Gasteiger charge is -2.07. The molecule has 1 aromatic heterocycles. The van der Waals surface area contributed by atoms with E-state index in [0.29, 0.717) is 5.69 Å². The SMILES string of the molecule is Cc1cn[nH]c1C(=O)NOC(C)C. The minimum atomic E-state index is -0.302. The number of aromatic nitrogens is 2. The van der Waals surface area contributed by atoms with E-state index in [1.54, 1.807) is 13.1 Å². The van der Waals surface area contributed by atoms with Crippen molar-refractivity contribution in [3.05, 3.63) is 17.5 Å². The molecule has 2 N–H and O–H groups in total. The summed E-state index contributed by atoms with van der Waals surface area (Å²) in [5.41, 5.74) is 3.54. The highest BCUT2D eigenvalue weighted by molar-refractivity contribution is 5.92. The first-order valence-electron chi connectivity index (χ1n) is 4.07. The number of nitrogens with one attached hydrogen (secondary N) is 2. The molecule has 0 fully saturated rings. The second kappa shape index (κ2) is 4.04. The van der Waals surface area contributed by atoms with E-state index in [1.807, 2.05) is 13.8 Å². The first-order chi connectivity index (χ1) is 6.11. The molecule has 0 radical (unpaired) electrons. The first-order valence-corrected chi connectivity index (χ1v) is 4.07. The number of hydrogen-bond donors (Lipinski definition) is 2. The predicted molar refractivity (Wildman–Crippen MR) is 47.0 cm³/mol. The summed E-state index contributed by atoms with van der Waals surface area (Å²) in [5, 5.41) is 6.32. The molecule has 0 aliphatic heterocycles. The Morgan fingerprint density at radius 3 is 2.85 bits per heavy atom. The number of hydroxylamine groups is 1. The van der Waals surface area contributed by atoms with Crippen molar-refractivity contribution in [1.82, 2.24) is 15.7 Å². The average Bonchev–Trinajstić information content (AvgIpc) is 2.47. The van der Waals surface area contributed by atoms with Gasteiger partial charge in [0.1, 0.15) is 5.69 Å². The zero-order valence-electron chi connectivity index (χ0n) is 7.92. The van der Waals surface area contributed by atoms with Gasteiger partial charge in [-0.1, -0.05) is 0 Å². The first kappa shape index (κ1) is 9.73. The van der Waals surface area contributed by atoms with Crippen LogP contribution in [0.2, 0.25) is 0 Å². The highest BCUT2D eigenvalue weighted by Crippen LogP contribution is 2.01. The van der Waals surface area contributed by atoms with Gasteiger partial charge in [-0.3, -0.25) is 14.7 Å². The van der Waals surface area contributed by atoms with Gasteiger partial charge in [0.15, 0.2) is 0 Å². The zero-order chi connectivity index (χ0) is 9.84. The van der Waals surface area contributed by atoms with Crippen LogP contribution in [0.25, 0.3) is 0 Å². The van der Waals surface area contributed by atoms with Gasteiger partial charge in [-0.25, -0.2) is 5.48 Å². The molecule has 0 unspecified atom stereocenters. The molecule has 5 nitrogen and oxygen atoms in total. The van der Waals surface area contributed by atoms with E-state index in [4.69, 9.17) is 4.84 Å².